The summed E-state index contributed by atoms with van der Waals surface area (Å²) in [6, 6.07) is 8.26. The molecule has 0 bridgehead atoms. The summed E-state index contributed by atoms with van der Waals surface area (Å²) >= 11 is 3.63. The average Bonchev–Trinajstić information content (AvgIpc) is 2.78. The van der Waals surface area contributed by atoms with Crippen molar-refractivity contribution in [3.63, 3.8) is 0 Å². The van der Waals surface area contributed by atoms with Crippen molar-refractivity contribution in [1.29, 1.82) is 0 Å². The molecule has 0 spiro atoms. The third-order valence-electron chi connectivity index (χ3n) is 6.67. The minimum Gasteiger partial charge on any atom is -0.758 e. The molecule has 6 nitrogen and oxygen atoms in total. The van der Waals surface area contributed by atoms with E-state index in [0.717, 1.165) is 74.7 Å². The third kappa shape index (κ3) is 5.77. The molecule has 1 aromatic rings. The Morgan fingerprint density at radius 2 is 1.71 bits per heavy atom. The van der Waals surface area contributed by atoms with Crippen LogP contribution in [0.25, 0.3) is 0 Å². The fraction of sp³-hybridized carbons (Fsp3) is 0.542. The molecule has 0 saturated carbocycles. The van der Waals surface area contributed by atoms with Crippen LogP contribution in [0.4, 0.5) is 0 Å². The Balaban J connectivity index is 1.20. The molecule has 31 heavy (non-hydrogen) atoms. The Bertz CT molecular complexity index is 827. The number of halogens is 1. The Hall–Kier alpha value is -1.67. The molecule has 1 amide bonds. The fourth-order valence-electron chi connectivity index (χ4n) is 4.70. The first kappa shape index (κ1) is 22.5. The topological polar surface area (TPSA) is 53.1 Å². The van der Waals surface area contributed by atoms with Gasteiger partial charge in [0, 0.05) is 55.7 Å². The standard InChI is InChI=1S/C24H32BrN4O2/c1-19-16-20(6-11-29(19)31)17-26-9-7-21(8-10-26)24(30)28-14-12-27(13-15-28)18-22-4-2-3-5-23(22)25/h2-6,11,16,19,21H,7-10,12-15,17-18H2,1H3/q-1. The van der Waals surface area contributed by atoms with Crippen molar-refractivity contribution in [3.8, 4) is 0 Å². The second kappa shape index (κ2) is 10.3. The molecule has 4 rings (SSSR count). The summed E-state index contributed by atoms with van der Waals surface area (Å²) in [6.07, 6.45) is 7.42. The number of carbonyl (C=O) groups is 1. The van der Waals surface area contributed by atoms with E-state index in [9.17, 15) is 10.0 Å². The summed E-state index contributed by atoms with van der Waals surface area (Å²) in [5.74, 6) is 0.491. The van der Waals surface area contributed by atoms with E-state index < -0.39 is 0 Å². The third-order valence-corrected chi connectivity index (χ3v) is 7.44. The van der Waals surface area contributed by atoms with Gasteiger partial charge in [0.15, 0.2) is 0 Å². The van der Waals surface area contributed by atoms with Crippen molar-refractivity contribution in [2.75, 3.05) is 45.8 Å². The first-order valence-corrected chi connectivity index (χ1v) is 12.1. The van der Waals surface area contributed by atoms with Crippen LogP contribution in [-0.2, 0) is 11.3 Å². The van der Waals surface area contributed by atoms with Crippen molar-refractivity contribution in [1.82, 2.24) is 19.8 Å². The lowest BCUT2D eigenvalue weighted by atomic mass is 9.94. The SMILES string of the molecule is CC1C=C(CN2CCC(C(=O)N3CCN(Cc4ccccc4Br)CC3)CC2)C=CN1[O-]. The van der Waals surface area contributed by atoms with Crippen molar-refractivity contribution in [2.45, 2.75) is 32.4 Å². The Morgan fingerprint density at radius 3 is 2.39 bits per heavy atom. The molecule has 3 aliphatic heterocycles. The molecule has 3 aliphatic rings. The van der Waals surface area contributed by atoms with Crippen LogP contribution in [0.15, 0.2) is 52.7 Å². The lowest BCUT2D eigenvalue weighted by Gasteiger charge is -2.39. The smallest absolute Gasteiger partial charge is 0.225 e. The monoisotopic (exact) mass is 487 g/mol. The molecule has 3 heterocycles. The number of piperazine rings is 1. The van der Waals surface area contributed by atoms with Crippen LogP contribution in [0.2, 0.25) is 0 Å². The van der Waals surface area contributed by atoms with Gasteiger partial charge in [-0.1, -0.05) is 40.2 Å². The van der Waals surface area contributed by atoms with E-state index in [1.165, 1.54) is 11.1 Å². The zero-order valence-corrected chi connectivity index (χ0v) is 19.8. The summed E-state index contributed by atoms with van der Waals surface area (Å²) in [6.45, 7) is 9.11. The molecule has 1 aromatic carbocycles. The summed E-state index contributed by atoms with van der Waals surface area (Å²) in [4.78, 5) is 20.0. The summed E-state index contributed by atoms with van der Waals surface area (Å²) < 4.78 is 1.15. The van der Waals surface area contributed by atoms with Gasteiger partial charge in [0.25, 0.3) is 0 Å². The van der Waals surface area contributed by atoms with Gasteiger partial charge in [-0.15, -0.1) is 0 Å². The van der Waals surface area contributed by atoms with Crippen LogP contribution in [0, 0.1) is 11.1 Å². The Labute approximate surface area is 193 Å². The first-order chi connectivity index (χ1) is 15.0. The lowest BCUT2D eigenvalue weighted by Crippen LogP contribution is -2.51. The molecule has 2 saturated heterocycles. The second-order valence-electron chi connectivity index (χ2n) is 8.90. The van der Waals surface area contributed by atoms with Gasteiger partial charge in [-0.2, -0.15) is 0 Å². The van der Waals surface area contributed by atoms with E-state index in [4.69, 9.17) is 0 Å². The van der Waals surface area contributed by atoms with Gasteiger partial charge in [-0.25, -0.2) is 0 Å². The summed E-state index contributed by atoms with van der Waals surface area (Å²) in [5, 5.41) is 12.5. The van der Waals surface area contributed by atoms with E-state index in [2.05, 4.69) is 48.8 Å². The van der Waals surface area contributed by atoms with Gasteiger partial charge >= 0.3 is 0 Å². The zero-order valence-electron chi connectivity index (χ0n) is 18.3. The van der Waals surface area contributed by atoms with E-state index in [1.54, 1.807) is 6.20 Å². The predicted octanol–water partition coefficient (Wildman–Crippen LogP) is 3.45. The second-order valence-corrected chi connectivity index (χ2v) is 9.76. The van der Waals surface area contributed by atoms with Crippen LogP contribution in [0.3, 0.4) is 0 Å². The molecule has 0 N–H and O–H groups in total. The maximum Gasteiger partial charge on any atom is 0.225 e. The van der Waals surface area contributed by atoms with Crippen molar-refractivity contribution >= 4 is 21.8 Å². The van der Waals surface area contributed by atoms with Gasteiger partial charge in [-0.05, 0) is 62.3 Å². The van der Waals surface area contributed by atoms with Crippen molar-refractivity contribution in [3.05, 3.63) is 63.4 Å². The number of rotatable bonds is 5. The van der Waals surface area contributed by atoms with E-state index in [0.29, 0.717) is 5.91 Å². The number of hydroxylamine groups is 2. The van der Waals surface area contributed by atoms with Crippen LogP contribution in [0.1, 0.15) is 25.3 Å². The van der Waals surface area contributed by atoms with Gasteiger partial charge in [0.2, 0.25) is 5.91 Å². The number of piperidine rings is 1. The van der Waals surface area contributed by atoms with Crippen molar-refractivity contribution < 1.29 is 4.79 Å². The normalized spacial score (nSPS) is 23.8. The number of carbonyl (C=O) groups excluding carboxylic acids is 1. The van der Waals surface area contributed by atoms with Gasteiger partial charge in [0.05, 0.1) is 0 Å². The van der Waals surface area contributed by atoms with Gasteiger partial charge in [-0.3, -0.25) is 14.6 Å². The van der Waals surface area contributed by atoms with E-state index in [-0.39, 0.29) is 12.0 Å². The molecule has 1 atom stereocenters. The Kier molecular flexibility index (Phi) is 7.48. The summed E-state index contributed by atoms with van der Waals surface area (Å²) in [5.41, 5.74) is 2.50. The number of hydrogen-bond donors (Lipinski definition) is 0. The maximum absolute atomic E-state index is 13.1. The quantitative estimate of drug-likeness (QED) is 0.636. The minimum absolute atomic E-state index is 0.0965. The number of hydrogen-bond acceptors (Lipinski definition) is 5. The van der Waals surface area contributed by atoms with Gasteiger partial charge < -0.3 is 15.2 Å². The highest BCUT2D eigenvalue weighted by Crippen LogP contribution is 2.23. The number of amides is 1. The molecule has 0 aromatic heterocycles. The highest BCUT2D eigenvalue weighted by atomic mass is 79.9. The summed E-state index contributed by atoms with van der Waals surface area (Å²) in [7, 11) is 0. The molecular formula is C24H32BrN4O2-. The van der Waals surface area contributed by atoms with Crippen LogP contribution in [0.5, 0.6) is 0 Å². The average molecular weight is 488 g/mol. The van der Waals surface area contributed by atoms with Crippen LogP contribution < -0.4 is 0 Å². The lowest BCUT2D eigenvalue weighted by molar-refractivity contribution is -0.138. The highest BCUT2D eigenvalue weighted by Gasteiger charge is 2.30. The van der Waals surface area contributed by atoms with Crippen LogP contribution in [-0.4, -0.2) is 77.5 Å². The molecule has 1 unspecified atom stereocenters. The number of benzene rings is 1. The minimum atomic E-state index is -0.0965. The van der Waals surface area contributed by atoms with Crippen LogP contribution >= 0.6 is 15.9 Å². The Morgan fingerprint density at radius 1 is 1.03 bits per heavy atom. The molecule has 0 aliphatic carbocycles. The van der Waals surface area contributed by atoms with Gasteiger partial charge in [0.1, 0.15) is 0 Å². The molecule has 2 fully saturated rings. The largest absolute Gasteiger partial charge is 0.758 e. The first-order valence-electron chi connectivity index (χ1n) is 11.3. The molecule has 0 radical (unpaired) electrons. The molecule has 168 valence electrons. The van der Waals surface area contributed by atoms with E-state index in [1.807, 2.05) is 25.1 Å². The fourth-order valence-corrected chi connectivity index (χ4v) is 5.11. The van der Waals surface area contributed by atoms with E-state index >= 15 is 0 Å². The maximum atomic E-state index is 13.1. The molecular weight excluding hydrogens is 456 g/mol. The number of nitrogens with zero attached hydrogens (tertiary/aromatic N) is 4. The van der Waals surface area contributed by atoms with Crippen molar-refractivity contribution in [2.24, 2.45) is 5.92 Å². The highest BCUT2D eigenvalue weighted by molar-refractivity contribution is 9.10. The molecule has 7 heteroatoms. The zero-order chi connectivity index (χ0) is 21.8. The predicted molar refractivity (Wildman–Crippen MR) is 127 cm³/mol. The number of likely N-dealkylation sites (tertiary alicyclic amines) is 1.